The zero-order valence-corrected chi connectivity index (χ0v) is 8.00. The van der Waals surface area contributed by atoms with Gasteiger partial charge in [-0.05, 0) is 43.5 Å². The van der Waals surface area contributed by atoms with Crippen LogP contribution in [0.5, 0.6) is 5.75 Å². The summed E-state index contributed by atoms with van der Waals surface area (Å²) in [6.45, 7) is 1.35. The molecule has 0 aromatic heterocycles. The molecule has 0 bridgehead atoms. The second-order valence-electron chi connectivity index (χ2n) is 3.59. The van der Waals surface area contributed by atoms with E-state index in [2.05, 4.69) is 0 Å². The van der Waals surface area contributed by atoms with Crippen molar-refractivity contribution < 1.29 is 9.13 Å². The first-order chi connectivity index (χ1) is 6.81. The highest BCUT2D eigenvalue weighted by molar-refractivity contribution is 5.38. The third-order valence-corrected chi connectivity index (χ3v) is 2.65. The van der Waals surface area contributed by atoms with E-state index in [1.54, 1.807) is 12.1 Å². The van der Waals surface area contributed by atoms with Crippen molar-refractivity contribution in [3.63, 3.8) is 0 Å². The minimum Gasteiger partial charge on any atom is -0.493 e. The maximum atomic E-state index is 13.0. The average Bonchev–Trinajstić information content (AvgIpc) is 2.19. The van der Waals surface area contributed by atoms with Crippen LogP contribution in [0.25, 0.3) is 0 Å². The Morgan fingerprint density at radius 2 is 2.36 bits per heavy atom. The Hall–Kier alpha value is -1.09. The Morgan fingerprint density at radius 1 is 1.50 bits per heavy atom. The van der Waals surface area contributed by atoms with Gasteiger partial charge in [0.2, 0.25) is 0 Å². The van der Waals surface area contributed by atoms with Crippen molar-refractivity contribution in [3.05, 3.63) is 29.6 Å². The van der Waals surface area contributed by atoms with Crippen molar-refractivity contribution in [2.24, 2.45) is 5.73 Å². The fourth-order valence-electron chi connectivity index (χ4n) is 1.94. The number of nitrogens with two attached hydrogens (primary N) is 1. The lowest BCUT2D eigenvalue weighted by Crippen LogP contribution is -2.17. The van der Waals surface area contributed by atoms with Crippen molar-refractivity contribution in [1.29, 1.82) is 0 Å². The Bertz CT molecular complexity index is 327. The lowest BCUT2D eigenvalue weighted by atomic mass is 9.90. The highest BCUT2D eigenvalue weighted by Crippen LogP contribution is 2.35. The molecule has 0 fully saturated rings. The van der Waals surface area contributed by atoms with Crippen LogP contribution < -0.4 is 10.5 Å². The first kappa shape index (κ1) is 9.46. The van der Waals surface area contributed by atoms with Gasteiger partial charge in [0.1, 0.15) is 11.6 Å². The zero-order chi connectivity index (χ0) is 9.97. The van der Waals surface area contributed by atoms with E-state index in [1.807, 2.05) is 0 Å². The van der Waals surface area contributed by atoms with E-state index < -0.39 is 0 Å². The monoisotopic (exact) mass is 195 g/mol. The van der Waals surface area contributed by atoms with Gasteiger partial charge in [-0.2, -0.15) is 0 Å². The minimum absolute atomic E-state index is 0.198. The summed E-state index contributed by atoms with van der Waals surface area (Å²) in [5.74, 6) is 0.979. The van der Waals surface area contributed by atoms with Crippen molar-refractivity contribution in [1.82, 2.24) is 0 Å². The smallest absolute Gasteiger partial charge is 0.123 e. The van der Waals surface area contributed by atoms with Crippen molar-refractivity contribution in [2.75, 3.05) is 13.2 Å². The largest absolute Gasteiger partial charge is 0.493 e. The fraction of sp³-hybridized carbons (Fsp3) is 0.455. The summed E-state index contributed by atoms with van der Waals surface area (Å²) in [4.78, 5) is 0. The number of rotatable bonds is 2. The molecule has 76 valence electrons. The molecule has 1 aromatic carbocycles. The second-order valence-corrected chi connectivity index (χ2v) is 3.59. The SMILES string of the molecule is NCCC1CCOc2ccc(F)cc21. The van der Waals surface area contributed by atoms with Crippen molar-refractivity contribution in [3.8, 4) is 5.75 Å². The van der Waals surface area contributed by atoms with Gasteiger partial charge in [-0.3, -0.25) is 0 Å². The molecule has 2 N–H and O–H groups in total. The molecule has 1 aliphatic heterocycles. The topological polar surface area (TPSA) is 35.2 Å². The van der Waals surface area contributed by atoms with Gasteiger partial charge in [-0.15, -0.1) is 0 Å². The standard InChI is InChI=1S/C11H14FNO/c12-9-1-2-11-10(7-9)8(3-5-13)4-6-14-11/h1-2,7-8H,3-6,13H2. The Labute approximate surface area is 82.9 Å². The van der Waals surface area contributed by atoms with E-state index in [9.17, 15) is 4.39 Å². The van der Waals surface area contributed by atoms with Gasteiger partial charge in [0.15, 0.2) is 0 Å². The molecular formula is C11H14FNO. The predicted molar refractivity (Wildman–Crippen MR) is 52.9 cm³/mol. The van der Waals surface area contributed by atoms with Crippen LogP contribution in [0.2, 0.25) is 0 Å². The van der Waals surface area contributed by atoms with Crippen molar-refractivity contribution >= 4 is 0 Å². The lowest BCUT2D eigenvalue weighted by molar-refractivity contribution is 0.263. The van der Waals surface area contributed by atoms with Crippen LogP contribution in [0.3, 0.4) is 0 Å². The summed E-state index contributed by atoms with van der Waals surface area (Å²) in [6.07, 6.45) is 1.84. The van der Waals surface area contributed by atoms with E-state index in [0.717, 1.165) is 24.2 Å². The first-order valence-corrected chi connectivity index (χ1v) is 4.93. The van der Waals surface area contributed by atoms with Gasteiger partial charge in [-0.25, -0.2) is 4.39 Å². The van der Waals surface area contributed by atoms with Crippen LogP contribution in [-0.4, -0.2) is 13.2 Å². The van der Waals surface area contributed by atoms with E-state index >= 15 is 0 Å². The highest BCUT2D eigenvalue weighted by Gasteiger charge is 2.20. The summed E-state index contributed by atoms with van der Waals surface area (Å²) in [6, 6.07) is 4.70. The van der Waals surface area contributed by atoms with Gasteiger partial charge >= 0.3 is 0 Å². The number of fused-ring (bicyclic) bond motifs is 1. The molecule has 2 rings (SSSR count). The fourth-order valence-corrected chi connectivity index (χ4v) is 1.94. The van der Waals surface area contributed by atoms with E-state index in [-0.39, 0.29) is 5.82 Å². The molecule has 0 spiro atoms. The molecule has 1 atom stereocenters. The molecule has 0 amide bonds. The van der Waals surface area contributed by atoms with Crippen LogP contribution in [0, 0.1) is 5.82 Å². The summed E-state index contributed by atoms with van der Waals surface area (Å²) in [7, 11) is 0. The van der Waals surface area contributed by atoms with Crippen LogP contribution in [0.15, 0.2) is 18.2 Å². The number of hydrogen-bond acceptors (Lipinski definition) is 2. The second kappa shape index (κ2) is 3.96. The number of halogens is 1. The molecule has 1 unspecified atom stereocenters. The maximum absolute atomic E-state index is 13.0. The van der Waals surface area contributed by atoms with Crippen LogP contribution in [-0.2, 0) is 0 Å². The molecule has 0 aliphatic carbocycles. The first-order valence-electron chi connectivity index (χ1n) is 4.93. The van der Waals surface area contributed by atoms with Gasteiger partial charge in [-0.1, -0.05) is 0 Å². The zero-order valence-electron chi connectivity index (χ0n) is 8.00. The van der Waals surface area contributed by atoms with Crippen molar-refractivity contribution in [2.45, 2.75) is 18.8 Å². The van der Waals surface area contributed by atoms with Crippen LogP contribution in [0.4, 0.5) is 4.39 Å². The molecular weight excluding hydrogens is 181 g/mol. The third kappa shape index (κ3) is 1.73. The molecule has 0 saturated carbocycles. The molecule has 1 heterocycles. The number of hydrogen-bond donors (Lipinski definition) is 1. The molecule has 0 saturated heterocycles. The molecule has 2 nitrogen and oxygen atoms in total. The normalized spacial score (nSPS) is 20.0. The quantitative estimate of drug-likeness (QED) is 0.783. The van der Waals surface area contributed by atoms with E-state index in [0.29, 0.717) is 19.1 Å². The Kier molecular flexibility index (Phi) is 2.68. The molecule has 1 aliphatic rings. The molecule has 1 aromatic rings. The van der Waals surface area contributed by atoms with Crippen LogP contribution >= 0.6 is 0 Å². The summed E-state index contributed by atoms with van der Waals surface area (Å²) >= 11 is 0. The highest BCUT2D eigenvalue weighted by atomic mass is 19.1. The maximum Gasteiger partial charge on any atom is 0.123 e. The summed E-state index contributed by atoms with van der Waals surface area (Å²) < 4.78 is 18.5. The van der Waals surface area contributed by atoms with Gasteiger partial charge in [0.05, 0.1) is 6.61 Å². The Balaban J connectivity index is 2.32. The molecule has 3 heteroatoms. The summed E-state index contributed by atoms with van der Waals surface area (Å²) in [5, 5.41) is 0. The number of benzene rings is 1. The van der Waals surface area contributed by atoms with Crippen LogP contribution in [0.1, 0.15) is 24.3 Å². The average molecular weight is 195 g/mol. The third-order valence-electron chi connectivity index (χ3n) is 2.65. The number of ether oxygens (including phenoxy) is 1. The van der Waals surface area contributed by atoms with Gasteiger partial charge < -0.3 is 10.5 Å². The van der Waals surface area contributed by atoms with Gasteiger partial charge in [0, 0.05) is 5.56 Å². The lowest BCUT2D eigenvalue weighted by Gasteiger charge is -2.25. The van der Waals surface area contributed by atoms with Gasteiger partial charge in [0.25, 0.3) is 0 Å². The summed E-state index contributed by atoms with van der Waals surface area (Å²) in [5.41, 5.74) is 6.49. The minimum atomic E-state index is -0.198. The molecule has 0 radical (unpaired) electrons. The Morgan fingerprint density at radius 3 is 3.14 bits per heavy atom. The predicted octanol–water partition coefficient (Wildman–Crippen LogP) is 2.04. The van der Waals surface area contributed by atoms with E-state index in [4.69, 9.17) is 10.5 Å². The molecule has 14 heavy (non-hydrogen) atoms. The van der Waals surface area contributed by atoms with E-state index in [1.165, 1.54) is 6.07 Å².